The summed E-state index contributed by atoms with van der Waals surface area (Å²) in [5.74, 6) is -0.154. The molecule has 1 rings (SSSR count). The van der Waals surface area contributed by atoms with Crippen LogP contribution in [0.5, 0.6) is 0 Å². The van der Waals surface area contributed by atoms with Gasteiger partial charge in [-0.05, 0) is 57.8 Å². The van der Waals surface area contributed by atoms with E-state index in [-0.39, 0.29) is 18.5 Å². The van der Waals surface area contributed by atoms with Crippen LogP contribution in [-0.2, 0) is 23.8 Å². The Labute approximate surface area is 588 Å². The summed E-state index contributed by atoms with van der Waals surface area (Å²) in [5.41, 5.74) is 0. The van der Waals surface area contributed by atoms with Crippen LogP contribution in [0.2, 0.25) is 0 Å². The molecule has 562 valence electrons. The molecule has 0 aromatic heterocycles. The number of ether oxygens (including phenoxy) is 3. The predicted octanol–water partition coefficient (Wildman–Crippen LogP) is 23.1. The molecule has 0 spiro atoms. The Bertz CT molecular complexity index is 1630. The van der Waals surface area contributed by atoms with Gasteiger partial charge in [0.05, 0.1) is 32.0 Å². The molecule has 1 heterocycles. The van der Waals surface area contributed by atoms with Crippen LogP contribution in [0.1, 0.15) is 438 Å². The van der Waals surface area contributed by atoms with Gasteiger partial charge in [0, 0.05) is 12.8 Å². The van der Waals surface area contributed by atoms with Gasteiger partial charge in [-0.2, -0.15) is 0 Å². The summed E-state index contributed by atoms with van der Waals surface area (Å²) in [7, 11) is 0. The number of hydrogen-bond donors (Lipinski definition) is 6. The smallest absolute Gasteiger partial charge is 0.305 e. The van der Waals surface area contributed by atoms with Crippen molar-refractivity contribution in [1.29, 1.82) is 0 Å². The van der Waals surface area contributed by atoms with Crippen molar-refractivity contribution in [3.05, 3.63) is 24.3 Å². The molecule has 0 aromatic rings. The zero-order chi connectivity index (χ0) is 68.6. The molecule has 0 aliphatic carbocycles. The minimum absolute atomic E-state index is 0.0222. The third-order valence-corrected chi connectivity index (χ3v) is 20.3. The molecule has 95 heavy (non-hydrogen) atoms. The van der Waals surface area contributed by atoms with Gasteiger partial charge in [0.2, 0.25) is 5.91 Å². The SMILES string of the molecule is CCCCCCCCCC/C=C/C(O)C(COC1OC(CO)C(O)C(O)C1O)NC(=O)CCCCCCCCCCCCCCCCCCC/C=C\CCCCCCCCCCCCCCCCCCCCOC(=O)CCCCCCCCCCCCCCCCCCCC. The molecule has 7 atom stereocenters. The fourth-order valence-electron chi connectivity index (χ4n) is 13.7. The largest absolute Gasteiger partial charge is 0.466 e. The van der Waals surface area contributed by atoms with E-state index in [1.165, 1.54) is 360 Å². The van der Waals surface area contributed by atoms with Gasteiger partial charge in [-0.25, -0.2) is 0 Å². The van der Waals surface area contributed by atoms with E-state index in [2.05, 4.69) is 31.3 Å². The van der Waals surface area contributed by atoms with Crippen molar-refractivity contribution < 1.29 is 49.3 Å². The highest BCUT2D eigenvalue weighted by Crippen LogP contribution is 2.24. The lowest BCUT2D eigenvalue weighted by atomic mass is 9.99. The van der Waals surface area contributed by atoms with Gasteiger partial charge in [-0.15, -0.1) is 0 Å². The van der Waals surface area contributed by atoms with Gasteiger partial charge < -0.3 is 45.1 Å². The van der Waals surface area contributed by atoms with Crippen molar-refractivity contribution in [1.82, 2.24) is 5.32 Å². The van der Waals surface area contributed by atoms with Gasteiger partial charge in [0.15, 0.2) is 6.29 Å². The summed E-state index contributed by atoms with van der Waals surface area (Å²) in [6.07, 6.45) is 85.3. The summed E-state index contributed by atoms with van der Waals surface area (Å²) in [5, 5.41) is 54.4. The predicted molar refractivity (Wildman–Crippen MR) is 403 cm³/mol. The fraction of sp³-hybridized carbons (Fsp3) is 0.929. The second kappa shape index (κ2) is 73.4. The van der Waals surface area contributed by atoms with E-state index in [9.17, 15) is 35.1 Å². The molecule has 1 fully saturated rings. The number of aliphatic hydroxyl groups is 5. The standard InChI is InChI=1S/C84H161NO10/c1-3-5-7-9-11-13-15-16-17-18-43-46-49-52-56-60-64-68-72-80(89)93-73-69-65-61-57-53-50-47-44-41-39-37-35-33-31-29-27-25-23-21-19-20-22-24-26-28-30-32-34-36-38-40-42-45-48-51-55-59-63-67-71-79(88)85-76(75-94-84-83(92)82(91)81(90)78(74-86)95-84)77(87)70-66-62-58-54-14-12-10-8-6-4-2/h19-20,66,70,76-78,81-84,86-87,90-92H,3-18,21-65,67-69,71-75H2,1-2H3,(H,85,88)/b20-19-,70-66+. The summed E-state index contributed by atoms with van der Waals surface area (Å²) in [4.78, 5) is 25.2. The van der Waals surface area contributed by atoms with E-state index in [0.717, 1.165) is 51.4 Å². The Kier molecular flexibility index (Phi) is 70.4. The van der Waals surface area contributed by atoms with Crippen molar-refractivity contribution in [2.45, 2.75) is 480 Å². The van der Waals surface area contributed by atoms with Crippen LogP contribution in [0.3, 0.4) is 0 Å². The van der Waals surface area contributed by atoms with Crippen LogP contribution in [0, 0.1) is 0 Å². The number of unbranched alkanes of at least 4 members (excludes halogenated alkanes) is 60. The molecule has 0 saturated carbocycles. The first-order valence-corrected chi connectivity index (χ1v) is 42.1. The Morgan fingerprint density at radius 2 is 0.674 bits per heavy atom. The lowest BCUT2D eigenvalue weighted by molar-refractivity contribution is -0.302. The third kappa shape index (κ3) is 61.7. The van der Waals surface area contributed by atoms with Crippen LogP contribution >= 0.6 is 0 Å². The van der Waals surface area contributed by atoms with E-state index < -0.39 is 49.5 Å². The van der Waals surface area contributed by atoms with Gasteiger partial charge in [0.25, 0.3) is 0 Å². The molecule has 0 bridgehead atoms. The van der Waals surface area contributed by atoms with E-state index in [1.807, 2.05) is 6.08 Å². The van der Waals surface area contributed by atoms with Crippen LogP contribution in [0.4, 0.5) is 0 Å². The molecular weight excluding hydrogens is 1180 g/mol. The number of carbonyl (C=O) groups excluding carboxylic acids is 2. The number of rotatable bonds is 76. The van der Waals surface area contributed by atoms with Crippen molar-refractivity contribution in [2.75, 3.05) is 19.8 Å². The van der Waals surface area contributed by atoms with Gasteiger partial charge in [-0.1, -0.05) is 391 Å². The highest BCUT2D eigenvalue weighted by molar-refractivity contribution is 5.76. The molecular formula is C84H161NO10. The average molecular weight is 1350 g/mol. The number of nitrogens with one attached hydrogen (secondary N) is 1. The molecule has 0 aromatic carbocycles. The Balaban J connectivity index is 1.84. The van der Waals surface area contributed by atoms with Gasteiger partial charge >= 0.3 is 5.97 Å². The lowest BCUT2D eigenvalue weighted by Gasteiger charge is -2.40. The maximum Gasteiger partial charge on any atom is 0.305 e. The zero-order valence-electron chi connectivity index (χ0n) is 62.9. The molecule has 6 N–H and O–H groups in total. The molecule has 7 unspecified atom stereocenters. The maximum atomic E-state index is 13.1. The average Bonchev–Trinajstić information content (AvgIpc) is 0.872. The number of amides is 1. The van der Waals surface area contributed by atoms with Crippen LogP contribution < -0.4 is 5.32 Å². The third-order valence-electron chi connectivity index (χ3n) is 20.3. The molecule has 11 heteroatoms. The first-order chi connectivity index (χ1) is 46.7. The van der Waals surface area contributed by atoms with Crippen molar-refractivity contribution in [2.24, 2.45) is 0 Å². The van der Waals surface area contributed by atoms with Crippen molar-refractivity contribution >= 4 is 11.9 Å². The maximum absolute atomic E-state index is 13.1. The summed E-state index contributed by atoms with van der Waals surface area (Å²) in [6.45, 7) is 4.39. The number of hydrogen-bond acceptors (Lipinski definition) is 10. The summed E-state index contributed by atoms with van der Waals surface area (Å²) >= 11 is 0. The normalized spacial score (nSPS) is 17.4. The first-order valence-electron chi connectivity index (χ1n) is 42.1. The Morgan fingerprint density at radius 1 is 0.379 bits per heavy atom. The topological polar surface area (TPSA) is 175 Å². The molecule has 11 nitrogen and oxygen atoms in total. The van der Waals surface area contributed by atoms with E-state index >= 15 is 0 Å². The van der Waals surface area contributed by atoms with Crippen LogP contribution in [0.15, 0.2) is 24.3 Å². The molecule has 1 amide bonds. The van der Waals surface area contributed by atoms with Crippen molar-refractivity contribution in [3.63, 3.8) is 0 Å². The van der Waals surface area contributed by atoms with Gasteiger partial charge in [-0.3, -0.25) is 9.59 Å². The second-order valence-electron chi connectivity index (χ2n) is 29.5. The summed E-state index contributed by atoms with van der Waals surface area (Å²) in [6, 6.07) is -0.805. The highest BCUT2D eigenvalue weighted by Gasteiger charge is 2.44. The zero-order valence-corrected chi connectivity index (χ0v) is 62.9. The van der Waals surface area contributed by atoms with Crippen LogP contribution in [0.25, 0.3) is 0 Å². The monoisotopic (exact) mass is 1340 g/mol. The Hall–Kier alpha value is -1.86. The van der Waals surface area contributed by atoms with E-state index in [0.29, 0.717) is 19.4 Å². The van der Waals surface area contributed by atoms with E-state index in [1.54, 1.807) is 6.08 Å². The number of carbonyl (C=O) groups is 2. The van der Waals surface area contributed by atoms with E-state index in [4.69, 9.17) is 14.2 Å². The fourth-order valence-corrected chi connectivity index (χ4v) is 13.7. The highest BCUT2D eigenvalue weighted by atomic mass is 16.7. The van der Waals surface area contributed by atoms with Gasteiger partial charge in [0.1, 0.15) is 24.4 Å². The Morgan fingerprint density at radius 3 is 1.01 bits per heavy atom. The number of esters is 1. The quantitative estimate of drug-likeness (QED) is 0.0195. The molecule has 1 saturated heterocycles. The molecule has 1 aliphatic rings. The van der Waals surface area contributed by atoms with Crippen LogP contribution in [-0.4, -0.2) is 100 Å². The molecule has 1 aliphatic heterocycles. The molecule has 0 radical (unpaired) electrons. The second-order valence-corrected chi connectivity index (χ2v) is 29.5. The lowest BCUT2D eigenvalue weighted by Crippen LogP contribution is -2.60. The minimum atomic E-state index is -1.57. The number of aliphatic hydroxyl groups excluding tert-OH is 5. The minimum Gasteiger partial charge on any atom is -0.466 e. The van der Waals surface area contributed by atoms with Crippen molar-refractivity contribution in [3.8, 4) is 0 Å². The summed E-state index contributed by atoms with van der Waals surface area (Å²) < 4.78 is 16.8. The number of allylic oxidation sites excluding steroid dienone is 3. The first kappa shape index (κ1) is 91.2.